The average molecular weight is 442 g/mol. The highest BCUT2D eigenvalue weighted by Gasteiger charge is 2.28. The summed E-state index contributed by atoms with van der Waals surface area (Å²) in [6.45, 7) is 3.11. The average Bonchev–Trinajstić information content (AvgIpc) is 2.65. The molecule has 0 unspecified atom stereocenters. The Morgan fingerprint density at radius 3 is 2.57 bits per heavy atom. The predicted octanol–water partition coefficient (Wildman–Crippen LogP) is 1.90. The molecular weight excluding hydrogens is 424 g/mol. The summed E-state index contributed by atoms with van der Waals surface area (Å²) in [6.07, 6.45) is 0.771. The summed E-state index contributed by atoms with van der Waals surface area (Å²) >= 11 is 6.65. The molecule has 0 amide bonds. The van der Waals surface area contributed by atoms with E-state index in [1.807, 2.05) is 0 Å². The molecule has 8 heteroatoms. The Labute approximate surface area is 142 Å². The first kappa shape index (κ1) is 17.4. The van der Waals surface area contributed by atoms with Crippen molar-refractivity contribution in [3.05, 3.63) is 27.1 Å². The number of hydrogen-bond donors (Lipinski definition) is 1. The lowest BCUT2D eigenvalue weighted by molar-refractivity contribution is 0.202. The molecule has 0 spiro atoms. The summed E-state index contributed by atoms with van der Waals surface area (Å²) < 4.78 is 28.4. The Bertz CT molecular complexity index is 595. The number of rotatable bonds is 4. The zero-order chi connectivity index (χ0) is 15.5. The van der Waals surface area contributed by atoms with Crippen LogP contribution in [0.1, 0.15) is 6.42 Å². The number of β-amino-alcohol motifs (C(OH)–C–C–N with tert-alkyl or cyclic N) is 1. The molecule has 0 aliphatic carbocycles. The quantitative estimate of drug-likeness (QED) is 0.775. The molecule has 2 rings (SSSR count). The van der Waals surface area contributed by atoms with E-state index < -0.39 is 10.0 Å². The van der Waals surface area contributed by atoms with Gasteiger partial charge in [0, 0.05) is 35.1 Å². The van der Waals surface area contributed by atoms with Gasteiger partial charge in [-0.1, -0.05) is 15.9 Å². The fourth-order valence-corrected chi connectivity index (χ4v) is 5.55. The van der Waals surface area contributed by atoms with Gasteiger partial charge in [0.25, 0.3) is 0 Å². The molecule has 1 fully saturated rings. The molecule has 0 atom stereocenters. The number of nitrogens with zero attached hydrogens (tertiary/aromatic N) is 2. The Morgan fingerprint density at radius 2 is 1.90 bits per heavy atom. The molecule has 1 saturated heterocycles. The van der Waals surface area contributed by atoms with E-state index >= 15 is 0 Å². The molecular formula is C13H18Br2N2O3S. The van der Waals surface area contributed by atoms with E-state index in [1.165, 1.54) is 4.31 Å². The minimum Gasteiger partial charge on any atom is -0.395 e. The van der Waals surface area contributed by atoms with E-state index in [0.29, 0.717) is 35.5 Å². The zero-order valence-corrected chi connectivity index (χ0v) is 15.5. The molecule has 1 N–H and O–H groups in total. The van der Waals surface area contributed by atoms with Crippen LogP contribution in [-0.2, 0) is 10.0 Å². The Morgan fingerprint density at radius 1 is 1.14 bits per heavy atom. The van der Waals surface area contributed by atoms with Gasteiger partial charge in [-0.2, -0.15) is 4.31 Å². The van der Waals surface area contributed by atoms with Gasteiger partial charge < -0.3 is 5.11 Å². The van der Waals surface area contributed by atoms with Crippen molar-refractivity contribution in [2.75, 3.05) is 39.3 Å². The lowest BCUT2D eigenvalue weighted by atomic mass is 10.4. The van der Waals surface area contributed by atoms with Crippen molar-refractivity contribution >= 4 is 41.9 Å². The van der Waals surface area contributed by atoms with E-state index in [9.17, 15) is 8.42 Å². The number of aliphatic hydroxyl groups is 1. The van der Waals surface area contributed by atoms with Gasteiger partial charge in [0.15, 0.2) is 0 Å². The maximum absolute atomic E-state index is 12.7. The zero-order valence-electron chi connectivity index (χ0n) is 11.5. The fourth-order valence-electron chi connectivity index (χ4n) is 2.38. The highest BCUT2D eigenvalue weighted by molar-refractivity contribution is 9.11. The van der Waals surface area contributed by atoms with Crippen molar-refractivity contribution in [1.29, 1.82) is 0 Å². The van der Waals surface area contributed by atoms with Crippen LogP contribution in [0.2, 0.25) is 0 Å². The second kappa shape index (κ2) is 7.52. The normalized spacial score (nSPS) is 18.6. The lowest BCUT2D eigenvalue weighted by Gasteiger charge is -2.21. The minimum atomic E-state index is -3.49. The molecule has 1 aromatic rings. The largest absolute Gasteiger partial charge is 0.395 e. The van der Waals surface area contributed by atoms with Gasteiger partial charge >= 0.3 is 0 Å². The maximum atomic E-state index is 12.7. The molecule has 0 bridgehead atoms. The molecule has 5 nitrogen and oxygen atoms in total. The van der Waals surface area contributed by atoms with Gasteiger partial charge in [-0.25, -0.2) is 8.42 Å². The summed E-state index contributed by atoms with van der Waals surface area (Å²) in [5, 5.41) is 8.99. The van der Waals surface area contributed by atoms with Gasteiger partial charge in [0.2, 0.25) is 10.0 Å². The van der Waals surface area contributed by atoms with E-state index in [0.717, 1.165) is 17.4 Å². The van der Waals surface area contributed by atoms with Crippen molar-refractivity contribution < 1.29 is 13.5 Å². The van der Waals surface area contributed by atoms with E-state index in [4.69, 9.17) is 5.11 Å². The monoisotopic (exact) mass is 440 g/mol. The summed E-state index contributed by atoms with van der Waals surface area (Å²) in [4.78, 5) is 2.38. The van der Waals surface area contributed by atoms with Crippen LogP contribution in [0.4, 0.5) is 0 Å². The molecule has 0 radical (unpaired) electrons. The standard InChI is InChI=1S/C13H18Br2N2O3S/c14-11-2-3-13(12(15)10-11)21(19,20)17-5-1-4-16(6-7-17)8-9-18/h2-3,10,18H,1,4-9H2. The number of halogens is 2. The molecule has 118 valence electrons. The van der Waals surface area contributed by atoms with Crippen LogP contribution in [-0.4, -0.2) is 62.1 Å². The SMILES string of the molecule is O=S(=O)(c1ccc(Br)cc1Br)N1CCCN(CCO)CC1. The first-order valence-corrected chi connectivity index (χ1v) is 9.76. The van der Waals surface area contributed by atoms with Gasteiger partial charge in [-0.15, -0.1) is 0 Å². The highest BCUT2D eigenvalue weighted by atomic mass is 79.9. The second-order valence-corrected chi connectivity index (χ2v) is 8.57. The van der Waals surface area contributed by atoms with Gasteiger partial charge in [0.1, 0.15) is 0 Å². The van der Waals surface area contributed by atoms with Gasteiger partial charge in [0.05, 0.1) is 11.5 Å². The van der Waals surface area contributed by atoms with E-state index in [1.54, 1.807) is 18.2 Å². The van der Waals surface area contributed by atoms with Crippen molar-refractivity contribution in [3.8, 4) is 0 Å². The predicted molar refractivity (Wildman–Crippen MR) is 88.7 cm³/mol. The van der Waals surface area contributed by atoms with Crippen LogP contribution in [0.15, 0.2) is 32.0 Å². The number of benzene rings is 1. The maximum Gasteiger partial charge on any atom is 0.244 e. The molecule has 0 saturated carbocycles. The fraction of sp³-hybridized carbons (Fsp3) is 0.538. The number of hydrogen-bond acceptors (Lipinski definition) is 4. The Balaban J connectivity index is 2.19. The van der Waals surface area contributed by atoms with Crippen LogP contribution in [0.3, 0.4) is 0 Å². The van der Waals surface area contributed by atoms with Gasteiger partial charge in [-0.05, 0) is 47.1 Å². The van der Waals surface area contributed by atoms with Crippen LogP contribution in [0.25, 0.3) is 0 Å². The summed E-state index contributed by atoms with van der Waals surface area (Å²) in [7, 11) is -3.49. The Hall–Kier alpha value is 0.01000. The first-order valence-electron chi connectivity index (χ1n) is 6.73. The Kier molecular flexibility index (Phi) is 6.22. The summed E-state index contributed by atoms with van der Waals surface area (Å²) in [5.74, 6) is 0. The van der Waals surface area contributed by atoms with E-state index in [-0.39, 0.29) is 6.61 Å². The number of sulfonamides is 1. The lowest BCUT2D eigenvalue weighted by Crippen LogP contribution is -2.36. The van der Waals surface area contributed by atoms with Crippen molar-refractivity contribution in [1.82, 2.24) is 9.21 Å². The minimum absolute atomic E-state index is 0.102. The van der Waals surface area contributed by atoms with Crippen molar-refractivity contribution in [2.24, 2.45) is 0 Å². The third-order valence-electron chi connectivity index (χ3n) is 3.48. The number of aliphatic hydroxyl groups excluding tert-OH is 1. The van der Waals surface area contributed by atoms with Crippen LogP contribution in [0.5, 0.6) is 0 Å². The summed E-state index contributed by atoms with van der Waals surface area (Å²) in [5.41, 5.74) is 0. The molecule has 0 aromatic heterocycles. The smallest absolute Gasteiger partial charge is 0.244 e. The molecule has 21 heavy (non-hydrogen) atoms. The van der Waals surface area contributed by atoms with E-state index in [2.05, 4.69) is 36.8 Å². The van der Waals surface area contributed by atoms with Crippen molar-refractivity contribution in [2.45, 2.75) is 11.3 Å². The van der Waals surface area contributed by atoms with Crippen molar-refractivity contribution in [3.63, 3.8) is 0 Å². The first-order chi connectivity index (χ1) is 9.95. The van der Waals surface area contributed by atoms with Crippen LogP contribution >= 0.6 is 31.9 Å². The molecule has 1 heterocycles. The third-order valence-corrected chi connectivity index (χ3v) is 6.84. The van der Waals surface area contributed by atoms with Gasteiger partial charge in [-0.3, -0.25) is 4.90 Å². The molecule has 1 aliphatic heterocycles. The third kappa shape index (κ3) is 4.27. The summed E-state index contributed by atoms with van der Waals surface area (Å²) in [6, 6.07) is 5.08. The second-order valence-electron chi connectivity index (χ2n) is 4.90. The topological polar surface area (TPSA) is 60.9 Å². The van der Waals surface area contributed by atoms with Crippen LogP contribution in [0, 0.1) is 0 Å². The molecule has 1 aromatic carbocycles. The van der Waals surface area contributed by atoms with Crippen LogP contribution < -0.4 is 0 Å². The highest BCUT2D eigenvalue weighted by Crippen LogP contribution is 2.28. The molecule has 1 aliphatic rings.